The summed E-state index contributed by atoms with van der Waals surface area (Å²) in [5.41, 5.74) is -0.496. The topological polar surface area (TPSA) is 70.6 Å². The minimum atomic E-state index is -0.496. The quantitative estimate of drug-likeness (QED) is 0.689. The van der Waals surface area contributed by atoms with Crippen molar-refractivity contribution in [1.82, 2.24) is 10.6 Å². The van der Waals surface area contributed by atoms with Crippen molar-refractivity contribution in [3.8, 4) is 0 Å². The number of carbonyl (C=O) groups excluding carboxylic acids is 1. The third-order valence-corrected chi connectivity index (χ3v) is 2.78. The summed E-state index contributed by atoms with van der Waals surface area (Å²) in [6, 6.07) is 0. The minimum absolute atomic E-state index is 0.263. The van der Waals surface area contributed by atoms with Gasteiger partial charge in [0.1, 0.15) is 5.60 Å². The van der Waals surface area contributed by atoms with E-state index in [1.807, 2.05) is 20.8 Å². The first-order chi connectivity index (χ1) is 7.88. The van der Waals surface area contributed by atoms with Crippen molar-refractivity contribution in [2.45, 2.75) is 45.3 Å². The Balaban J connectivity index is 2.22. The SMILES string of the molecule is CC(C)(C)OC(=O)NC[C@@H](O)C1CCNCC1. The Morgan fingerprint density at radius 3 is 2.59 bits per heavy atom. The molecular weight excluding hydrogens is 220 g/mol. The average molecular weight is 244 g/mol. The molecular formula is C12H24N2O3. The van der Waals surface area contributed by atoms with Crippen molar-refractivity contribution in [3.05, 3.63) is 0 Å². The normalized spacial score (nSPS) is 19.8. The van der Waals surface area contributed by atoms with Crippen molar-refractivity contribution in [1.29, 1.82) is 0 Å². The van der Waals surface area contributed by atoms with Gasteiger partial charge in [-0.3, -0.25) is 0 Å². The van der Waals surface area contributed by atoms with E-state index in [4.69, 9.17) is 4.74 Å². The van der Waals surface area contributed by atoms with Gasteiger partial charge in [-0.1, -0.05) is 0 Å². The molecule has 100 valence electrons. The van der Waals surface area contributed by atoms with E-state index >= 15 is 0 Å². The number of hydrogen-bond acceptors (Lipinski definition) is 4. The van der Waals surface area contributed by atoms with E-state index in [1.54, 1.807) is 0 Å². The van der Waals surface area contributed by atoms with Crippen LogP contribution in [0.2, 0.25) is 0 Å². The molecule has 0 unspecified atom stereocenters. The molecule has 0 aromatic heterocycles. The maximum atomic E-state index is 11.4. The molecule has 17 heavy (non-hydrogen) atoms. The molecule has 1 heterocycles. The molecule has 0 bridgehead atoms. The number of rotatable bonds is 3. The zero-order valence-corrected chi connectivity index (χ0v) is 11.0. The van der Waals surface area contributed by atoms with Crippen LogP contribution in [0.25, 0.3) is 0 Å². The van der Waals surface area contributed by atoms with Crippen molar-refractivity contribution in [3.63, 3.8) is 0 Å². The summed E-state index contributed by atoms with van der Waals surface area (Å²) >= 11 is 0. The summed E-state index contributed by atoms with van der Waals surface area (Å²) in [6.07, 6.45) is 0.962. The monoisotopic (exact) mass is 244 g/mol. The molecule has 0 spiro atoms. The standard InChI is InChI=1S/C12H24N2O3/c1-12(2,3)17-11(16)14-8-10(15)9-4-6-13-7-5-9/h9-10,13,15H,4-8H2,1-3H3,(H,14,16)/t10-/m1/s1. The van der Waals surface area contributed by atoms with Crippen molar-refractivity contribution in [2.75, 3.05) is 19.6 Å². The highest BCUT2D eigenvalue weighted by Gasteiger charge is 2.23. The second kappa shape index (κ2) is 6.21. The Kier molecular flexibility index (Phi) is 5.21. The molecule has 1 aliphatic heterocycles. The van der Waals surface area contributed by atoms with E-state index in [-0.39, 0.29) is 12.5 Å². The molecule has 1 fully saturated rings. The second-order valence-electron chi connectivity index (χ2n) is 5.54. The number of ether oxygens (including phenoxy) is 1. The average Bonchev–Trinajstić information content (AvgIpc) is 2.25. The van der Waals surface area contributed by atoms with Gasteiger partial charge >= 0.3 is 6.09 Å². The van der Waals surface area contributed by atoms with E-state index in [0.29, 0.717) is 0 Å². The highest BCUT2D eigenvalue weighted by molar-refractivity contribution is 5.67. The molecule has 5 heteroatoms. The van der Waals surface area contributed by atoms with Gasteiger partial charge in [0, 0.05) is 6.54 Å². The molecule has 1 amide bonds. The van der Waals surface area contributed by atoms with Crippen molar-refractivity contribution >= 4 is 6.09 Å². The highest BCUT2D eigenvalue weighted by atomic mass is 16.6. The van der Waals surface area contributed by atoms with Crippen LogP contribution in [0.1, 0.15) is 33.6 Å². The molecule has 0 saturated carbocycles. The molecule has 0 radical (unpaired) electrons. The summed E-state index contributed by atoms with van der Waals surface area (Å²) in [5.74, 6) is 0.270. The van der Waals surface area contributed by atoms with Crippen LogP contribution in [0.4, 0.5) is 4.79 Å². The van der Waals surface area contributed by atoms with Crippen molar-refractivity contribution < 1.29 is 14.6 Å². The highest BCUT2D eigenvalue weighted by Crippen LogP contribution is 2.15. The third-order valence-electron chi connectivity index (χ3n) is 2.78. The van der Waals surface area contributed by atoms with E-state index in [0.717, 1.165) is 25.9 Å². The van der Waals surface area contributed by atoms with Crippen LogP contribution in [-0.4, -0.2) is 42.5 Å². The lowest BCUT2D eigenvalue weighted by Gasteiger charge is -2.27. The molecule has 3 N–H and O–H groups in total. The molecule has 5 nitrogen and oxygen atoms in total. The van der Waals surface area contributed by atoms with Gasteiger partial charge in [-0.05, 0) is 52.6 Å². The Morgan fingerprint density at radius 1 is 1.47 bits per heavy atom. The fraction of sp³-hybridized carbons (Fsp3) is 0.917. The van der Waals surface area contributed by atoms with Crippen LogP contribution >= 0.6 is 0 Å². The zero-order chi connectivity index (χ0) is 12.9. The lowest BCUT2D eigenvalue weighted by Crippen LogP contribution is -2.42. The summed E-state index contributed by atoms with van der Waals surface area (Å²) in [4.78, 5) is 11.4. The summed E-state index contributed by atoms with van der Waals surface area (Å²) in [7, 11) is 0. The van der Waals surface area contributed by atoms with E-state index in [2.05, 4.69) is 10.6 Å². The number of carbonyl (C=O) groups is 1. The lowest BCUT2D eigenvalue weighted by atomic mass is 9.92. The number of nitrogens with one attached hydrogen (secondary N) is 2. The Morgan fingerprint density at radius 2 is 2.06 bits per heavy atom. The number of amides is 1. The van der Waals surface area contributed by atoms with Crippen LogP contribution in [0.5, 0.6) is 0 Å². The number of aliphatic hydroxyl groups is 1. The van der Waals surface area contributed by atoms with E-state index in [9.17, 15) is 9.90 Å². The maximum Gasteiger partial charge on any atom is 0.407 e. The van der Waals surface area contributed by atoms with Gasteiger partial charge in [0.05, 0.1) is 6.10 Å². The van der Waals surface area contributed by atoms with Crippen LogP contribution in [-0.2, 0) is 4.74 Å². The van der Waals surface area contributed by atoms with Gasteiger partial charge in [0.25, 0.3) is 0 Å². The minimum Gasteiger partial charge on any atom is -0.444 e. The zero-order valence-electron chi connectivity index (χ0n) is 11.0. The predicted octanol–water partition coefficient (Wildman–Crippen LogP) is 0.872. The van der Waals surface area contributed by atoms with Gasteiger partial charge in [-0.2, -0.15) is 0 Å². The summed E-state index contributed by atoms with van der Waals surface area (Å²) < 4.78 is 5.10. The fourth-order valence-corrected chi connectivity index (χ4v) is 1.90. The van der Waals surface area contributed by atoms with Crippen LogP contribution < -0.4 is 10.6 Å². The molecule has 1 saturated heterocycles. The first kappa shape index (κ1) is 14.3. The molecule has 1 atom stereocenters. The van der Waals surface area contributed by atoms with Crippen LogP contribution in [0.3, 0.4) is 0 Å². The Labute approximate surface area is 103 Å². The first-order valence-corrected chi connectivity index (χ1v) is 6.24. The largest absolute Gasteiger partial charge is 0.444 e. The van der Waals surface area contributed by atoms with E-state index < -0.39 is 17.8 Å². The molecule has 0 aromatic rings. The molecule has 0 aliphatic carbocycles. The van der Waals surface area contributed by atoms with Gasteiger partial charge < -0.3 is 20.5 Å². The van der Waals surface area contributed by atoms with Crippen LogP contribution in [0.15, 0.2) is 0 Å². The lowest BCUT2D eigenvalue weighted by molar-refractivity contribution is 0.0432. The molecule has 0 aromatic carbocycles. The number of alkyl carbamates (subject to hydrolysis) is 1. The summed E-state index contributed by atoms with van der Waals surface area (Å²) in [5, 5.41) is 15.8. The number of hydrogen-bond donors (Lipinski definition) is 3. The Hall–Kier alpha value is -0.810. The van der Waals surface area contributed by atoms with Gasteiger partial charge in [-0.15, -0.1) is 0 Å². The maximum absolute atomic E-state index is 11.4. The number of aliphatic hydroxyl groups excluding tert-OH is 1. The predicted molar refractivity (Wildman–Crippen MR) is 65.8 cm³/mol. The van der Waals surface area contributed by atoms with Gasteiger partial charge in [0.15, 0.2) is 0 Å². The van der Waals surface area contributed by atoms with E-state index in [1.165, 1.54) is 0 Å². The van der Waals surface area contributed by atoms with Gasteiger partial charge in [0.2, 0.25) is 0 Å². The van der Waals surface area contributed by atoms with Crippen LogP contribution in [0, 0.1) is 5.92 Å². The van der Waals surface area contributed by atoms with Crippen molar-refractivity contribution in [2.24, 2.45) is 5.92 Å². The molecule has 1 aliphatic rings. The van der Waals surface area contributed by atoms with Gasteiger partial charge in [-0.25, -0.2) is 4.79 Å². The Bertz CT molecular complexity index is 245. The third kappa shape index (κ3) is 5.89. The molecule has 1 rings (SSSR count). The smallest absolute Gasteiger partial charge is 0.407 e. The summed E-state index contributed by atoms with van der Waals surface area (Å²) in [6.45, 7) is 7.59. The first-order valence-electron chi connectivity index (χ1n) is 6.24. The number of piperidine rings is 1. The fourth-order valence-electron chi connectivity index (χ4n) is 1.90. The second-order valence-corrected chi connectivity index (χ2v) is 5.54.